The molecule has 0 saturated carbocycles. The van der Waals surface area contributed by atoms with E-state index in [2.05, 4.69) is 4.90 Å². The molecule has 0 radical (unpaired) electrons. The van der Waals surface area contributed by atoms with E-state index in [1.165, 1.54) is 0 Å². The van der Waals surface area contributed by atoms with Crippen molar-refractivity contribution in [3.8, 4) is 0 Å². The third kappa shape index (κ3) is 5.40. The van der Waals surface area contributed by atoms with Crippen LogP contribution in [0, 0.1) is 0 Å². The third-order valence-corrected chi connectivity index (χ3v) is 5.21. The van der Waals surface area contributed by atoms with E-state index in [4.69, 9.17) is 10.5 Å². The molecule has 2 atom stereocenters. The van der Waals surface area contributed by atoms with E-state index in [0.29, 0.717) is 13.1 Å². The molecule has 0 aromatic rings. The Balaban J connectivity index is 0.00000289. The van der Waals surface area contributed by atoms with Gasteiger partial charge in [0.25, 0.3) is 0 Å². The van der Waals surface area contributed by atoms with Gasteiger partial charge in [-0.1, -0.05) is 6.92 Å². The fourth-order valence-electron chi connectivity index (χ4n) is 2.22. The summed E-state index contributed by atoms with van der Waals surface area (Å²) in [5.41, 5.74) is 5.74. The molecule has 18 heavy (non-hydrogen) atoms. The minimum absolute atomic E-state index is 0. The van der Waals surface area contributed by atoms with Crippen molar-refractivity contribution < 1.29 is 13.2 Å². The summed E-state index contributed by atoms with van der Waals surface area (Å²) in [5, 5.41) is 0. The van der Waals surface area contributed by atoms with Crippen molar-refractivity contribution in [1.29, 1.82) is 0 Å². The number of likely N-dealkylation sites (tertiary alicyclic amines) is 1. The zero-order valence-corrected chi connectivity index (χ0v) is 12.8. The van der Waals surface area contributed by atoms with Gasteiger partial charge in [-0.05, 0) is 12.8 Å². The summed E-state index contributed by atoms with van der Waals surface area (Å²) >= 11 is 0. The van der Waals surface area contributed by atoms with Crippen LogP contribution in [0.1, 0.15) is 19.8 Å². The summed E-state index contributed by atoms with van der Waals surface area (Å²) in [4.78, 5) is 2.18. The first-order valence-electron chi connectivity index (χ1n) is 6.19. The number of nitrogens with zero attached hydrogens (tertiary/aromatic N) is 1. The second-order valence-corrected chi connectivity index (χ2v) is 7.02. The lowest BCUT2D eigenvalue weighted by Gasteiger charge is -2.38. The predicted molar refractivity (Wildman–Crippen MR) is 76.0 cm³/mol. The average Bonchev–Trinajstić information content (AvgIpc) is 2.36. The maximum absolute atomic E-state index is 11.5. The van der Waals surface area contributed by atoms with Crippen LogP contribution in [0.15, 0.2) is 0 Å². The molecule has 2 unspecified atom stereocenters. The molecule has 1 saturated heterocycles. The molecule has 7 heteroatoms. The van der Waals surface area contributed by atoms with Gasteiger partial charge in [0.1, 0.15) is 0 Å². The van der Waals surface area contributed by atoms with Crippen LogP contribution in [-0.2, 0) is 14.6 Å². The first-order chi connectivity index (χ1) is 8.02. The third-order valence-electron chi connectivity index (χ3n) is 3.52. The smallest absolute Gasteiger partial charge is 0.151 e. The SMILES string of the molecule is CCS(=O)(=O)CCN1CCC(OC)CC1CN.Cl. The zero-order valence-electron chi connectivity index (χ0n) is 11.2. The maximum atomic E-state index is 11.5. The fourth-order valence-corrected chi connectivity index (χ4v) is 3.02. The molecule has 0 amide bonds. The molecule has 1 heterocycles. The van der Waals surface area contributed by atoms with Gasteiger partial charge in [0, 0.05) is 38.5 Å². The Kier molecular flexibility index (Phi) is 8.38. The maximum Gasteiger partial charge on any atom is 0.151 e. The number of sulfone groups is 1. The number of ether oxygens (including phenoxy) is 1. The number of piperidine rings is 1. The summed E-state index contributed by atoms with van der Waals surface area (Å²) in [6, 6.07) is 0.251. The zero-order chi connectivity index (χ0) is 12.9. The Hall–Kier alpha value is 0.120. The molecule has 1 fully saturated rings. The molecule has 5 nitrogen and oxygen atoms in total. The summed E-state index contributed by atoms with van der Waals surface area (Å²) in [5.74, 6) is 0.451. The monoisotopic (exact) mass is 300 g/mol. The first kappa shape index (κ1) is 18.1. The predicted octanol–water partition coefficient (Wildman–Crippen LogP) is 0.281. The van der Waals surface area contributed by atoms with Crippen molar-refractivity contribution in [3.63, 3.8) is 0 Å². The van der Waals surface area contributed by atoms with Gasteiger partial charge in [-0.3, -0.25) is 4.90 Å². The molecule has 110 valence electrons. The molecular formula is C11H25ClN2O3S. The number of hydrogen-bond acceptors (Lipinski definition) is 5. The summed E-state index contributed by atoms with van der Waals surface area (Å²) in [7, 11) is -1.17. The quantitative estimate of drug-likeness (QED) is 0.763. The van der Waals surface area contributed by atoms with Crippen LogP contribution in [-0.4, -0.2) is 63.7 Å². The molecule has 0 aromatic heterocycles. The van der Waals surface area contributed by atoms with E-state index in [1.807, 2.05) is 0 Å². The lowest BCUT2D eigenvalue weighted by molar-refractivity contribution is 0.0157. The van der Waals surface area contributed by atoms with Gasteiger partial charge in [0.05, 0.1) is 11.9 Å². The van der Waals surface area contributed by atoms with Crippen molar-refractivity contribution >= 4 is 22.2 Å². The highest BCUT2D eigenvalue weighted by Crippen LogP contribution is 2.18. The molecule has 0 aliphatic carbocycles. The van der Waals surface area contributed by atoms with E-state index in [-0.39, 0.29) is 36.1 Å². The van der Waals surface area contributed by atoms with Crippen molar-refractivity contribution in [2.75, 3.05) is 38.2 Å². The van der Waals surface area contributed by atoms with Gasteiger partial charge in [-0.2, -0.15) is 0 Å². The van der Waals surface area contributed by atoms with E-state index in [1.54, 1.807) is 14.0 Å². The van der Waals surface area contributed by atoms with E-state index in [0.717, 1.165) is 19.4 Å². The Morgan fingerprint density at radius 3 is 2.61 bits per heavy atom. The van der Waals surface area contributed by atoms with Gasteiger partial charge >= 0.3 is 0 Å². The number of halogens is 1. The van der Waals surface area contributed by atoms with E-state index in [9.17, 15) is 8.42 Å². The van der Waals surface area contributed by atoms with Crippen molar-refractivity contribution in [2.45, 2.75) is 31.9 Å². The lowest BCUT2D eigenvalue weighted by atomic mass is 9.99. The van der Waals surface area contributed by atoms with Crippen molar-refractivity contribution in [2.24, 2.45) is 5.73 Å². The normalized spacial score (nSPS) is 25.7. The molecular weight excluding hydrogens is 276 g/mol. The van der Waals surface area contributed by atoms with Gasteiger partial charge in [-0.15, -0.1) is 12.4 Å². The van der Waals surface area contributed by atoms with Crippen LogP contribution in [0.2, 0.25) is 0 Å². The number of rotatable bonds is 6. The standard InChI is InChI=1S/C11H24N2O3S.ClH/c1-3-17(14,15)7-6-13-5-4-11(16-2)8-10(13)9-12;/h10-11H,3-9,12H2,1-2H3;1H. The summed E-state index contributed by atoms with van der Waals surface area (Å²) in [6.07, 6.45) is 2.13. The van der Waals surface area contributed by atoms with Gasteiger partial charge in [0.2, 0.25) is 0 Å². The number of methoxy groups -OCH3 is 1. The molecule has 1 aliphatic heterocycles. The highest BCUT2D eigenvalue weighted by atomic mass is 35.5. The summed E-state index contributed by atoms with van der Waals surface area (Å²) < 4.78 is 28.3. The van der Waals surface area contributed by atoms with Crippen LogP contribution in [0.25, 0.3) is 0 Å². The second kappa shape index (κ2) is 8.32. The van der Waals surface area contributed by atoms with E-state index >= 15 is 0 Å². The van der Waals surface area contributed by atoms with Gasteiger partial charge < -0.3 is 10.5 Å². The van der Waals surface area contributed by atoms with E-state index < -0.39 is 9.84 Å². The second-order valence-electron chi connectivity index (χ2n) is 4.54. The average molecular weight is 301 g/mol. The summed E-state index contributed by atoms with van der Waals surface area (Å²) in [6.45, 7) is 3.72. The van der Waals surface area contributed by atoms with Crippen LogP contribution in [0.5, 0.6) is 0 Å². The molecule has 0 spiro atoms. The molecule has 0 bridgehead atoms. The molecule has 2 N–H and O–H groups in total. The van der Waals surface area contributed by atoms with Crippen LogP contribution >= 0.6 is 12.4 Å². The van der Waals surface area contributed by atoms with Crippen LogP contribution in [0.3, 0.4) is 0 Å². The first-order valence-corrected chi connectivity index (χ1v) is 8.02. The molecule has 1 aliphatic rings. The fraction of sp³-hybridized carbons (Fsp3) is 1.00. The number of hydrogen-bond donors (Lipinski definition) is 1. The highest BCUT2D eigenvalue weighted by Gasteiger charge is 2.27. The van der Waals surface area contributed by atoms with Gasteiger partial charge in [-0.25, -0.2) is 8.42 Å². The van der Waals surface area contributed by atoms with Crippen LogP contribution < -0.4 is 5.73 Å². The highest BCUT2D eigenvalue weighted by molar-refractivity contribution is 7.91. The minimum Gasteiger partial charge on any atom is -0.381 e. The Bertz CT molecular complexity index is 324. The Morgan fingerprint density at radius 1 is 1.44 bits per heavy atom. The Labute approximate surface area is 116 Å². The number of nitrogens with two attached hydrogens (primary N) is 1. The Morgan fingerprint density at radius 2 is 2.11 bits per heavy atom. The van der Waals surface area contributed by atoms with Crippen molar-refractivity contribution in [3.05, 3.63) is 0 Å². The van der Waals surface area contributed by atoms with Crippen LogP contribution in [0.4, 0.5) is 0 Å². The molecule has 1 rings (SSSR count). The molecule has 0 aromatic carbocycles. The van der Waals surface area contributed by atoms with Gasteiger partial charge in [0.15, 0.2) is 9.84 Å². The lowest BCUT2D eigenvalue weighted by Crippen LogP contribution is -2.49. The topological polar surface area (TPSA) is 72.6 Å². The minimum atomic E-state index is -2.88. The largest absolute Gasteiger partial charge is 0.381 e. The van der Waals surface area contributed by atoms with Crippen molar-refractivity contribution in [1.82, 2.24) is 4.90 Å².